The van der Waals surface area contributed by atoms with E-state index in [2.05, 4.69) is 13.1 Å². The number of fused-ring (bicyclic) bond motifs is 2. The number of hydrogen-bond acceptors (Lipinski definition) is 2. The van der Waals surface area contributed by atoms with Gasteiger partial charge in [-0.25, -0.2) is 0 Å². The Morgan fingerprint density at radius 1 is 1.08 bits per heavy atom. The molecule has 2 bridgehead atoms. The highest BCUT2D eigenvalue weighted by Gasteiger charge is 2.40. The third-order valence-corrected chi connectivity index (χ3v) is 5.75. The molecule has 1 N–H and O–H groups in total. The molecule has 4 rings (SSSR count). The van der Waals surface area contributed by atoms with E-state index in [0.29, 0.717) is 17.6 Å². The Morgan fingerprint density at radius 2 is 1.81 bits per heavy atom. The Morgan fingerprint density at radius 3 is 2.46 bits per heavy atom. The van der Waals surface area contributed by atoms with Gasteiger partial charge in [-0.3, -0.25) is 9.69 Å². The van der Waals surface area contributed by atoms with Crippen LogP contribution in [-0.4, -0.2) is 32.1 Å². The maximum absolute atomic E-state index is 13.4. The molecular weight excluding hydrogens is 324 g/mol. The molecule has 2 heterocycles. The third-order valence-electron chi connectivity index (χ3n) is 5.75. The average molecular weight is 349 g/mol. The number of rotatable bonds is 4. The van der Waals surface area contributed by atoms with Crippen molar-refractivity contribution in [3.8, 4) is 5.75 Å². The van der Waals surface area contributed by atoms with Crippen LogP contribution in [0, 0.1) is 0 Å². The van der Waals surface area contributed by atoms with Crippen molar-refractivity contribution in [2.75, 3.05) is 19.1 Å². The number of benzene rings is 2. The molecule has 134 valence electrons. The molecule has 1 saturated heterocycles. The zero-order valence-electron chi connectivity index (χ0n) is 15.3. The van der Waals surface area contributed by atoms with Gasteiger partial charge in [0.1, 0.15) is 11.8 Å². The number of nitrogens with one attached hydrogen (secondary N) is 1. The first-order valence-corrected chi connectivity index (χ1v) is 9.25. The molecule has 0 saturated carbocycles. The van der Waals surface area contributed by atoms with E-state index in [9.17, 15) is 4.79 Å². The van der Waals surface area contributed by atoms with Crippen molar-refractivity contribution in [3.63, 3.8) is 0 Å². The molecule has 0 aliphatic carbocycles. The molecule has 26 heavy (non-hydrogen) atoms. The first-order chi connectivity index (χ1) is 12.7. The van der Waals surface area contributed by atoms with E-state index in [1.807, 2.05) is 59.5 Å². The zero-order valence-corrected chi connectivity index (χ0v) is 15.3. The summed E-state index contributed by atoms with van der Waals surface area (Å²) in [5.41, 5.74) is 2.73. The van der Waals surface area contributed by atoms with Gasteiger partial charge in [0.25, 0.3) is 5.91 Å². The lowest BCUT2D eigenvalue weighted by molar-refractivity contribution is -0.911. The topological polar surface area (TPSA) is 34.0 Å². The lowest BCUT2D eigenvalue weighted by Gasteiger charge is -2.33. The molecule has 0 radical (unpaired) electrons. The van der Waals surface area contributed by atoms with Crippen LogP contribution in [0.15, 0.2) is 66.4 Å². The van der Waals surface area contributed by atoms with Gasteiger partial charge in [0.2, 0.25) is 0 Å². The molecular formula is C22H25N2O2+. The van der Waals surface area contributed by atoms with Crippen LogP contribution in [0.25, 0.3) is 0 Å². The Balaban J connectivity index is 1.74. The lowest BCUT2D eigenvalue weighted by Crippen LogP contribution is -3.14. The molecule has 0 spiro atoms. The summed E-state index contributed by atoms with van der Waals surface area (Å²) >= 11 is 0. The fraction of sp³-hybridized carbons (Fsp3) is 0.318. The Hall–Kier alpha value is -2.59. The summed E-state index contributed by atoms with van der Waals surface area (Å²) in [5.74, 6) is 0.823. The van der Waals surface area contributed by atoms with Gasteiger partial charge < -0.3 is 9.64 Å². The smallest absolute Gasteiger partial charge is 0.262 e. The second-order valence-corrected chi connectivity index (χ2v) is 7.19. The first-order valence-electron chi connectivity index (χ1n) is 9.25. The Kier molecular flexibility index (Phi) is 4.51. The van der Waals surface area contributed by atoms with Crippen LogP contribution in [0.3, 0.4) is 0 Å². The predicted molar refractivity (Wildman–Crippen MR) is 103 cm³/mol. The van der Waals surface area contributed by atoms with E-state index in [0.717, 1.165) is 23.6 Å². The van der Waals surface area contributed by atoms with Gasteiger partial charge >= 0.3 is 0 Å². The van der Waals surface area contributed by atoms with Gasteiger partial charge in [-0.05, 0) is 42.5 Å². The molecule has 1 fully saturated rings. The zero-order chi connectivity index (χ0) is 18.1. The van der Waals surface area contributed by atoms with E-state index < -0.39 is 0 Å². The molecule has 2 aromatic carbocycles. The van der Waals surface area contributed by atoms with Crippen molar-refractivity contribution in [2.24, 2.45) is 0 Å². The maximum Gasteiger partial charge on any atom is 0.262 e. The van der Waals surface area contributed by atoms with Crippen molar-refractivity contribution in [1.29, 1.82) is 0 Å². The van der Waals surface area contributed by atoms with Crippen LogP contribution in [-0.2, 0) is 0 Å². The van der Waals surface area contributed by atoms with Crippen molar-refractivity contribution < 1.29 is 14.4 Å². The summed E-state index contributed by atoms with van der Waals surface area (Å²) in [6.07, 6.45) is 5.68. The summed E-state index contributed by atoms with van der Waals surface area (Å²) in [6.45, 7) is 0. The van der Waals surface area contributed by atoms with Gasteiger partial charge in [0.15, 0.2) is 0 Å². The minimum Gasteiger partial charge on any atom is -0.497 e. The molecule has 2 aliphatic rings. The van der Waals surface area contributed by atoms with E-state index in [4.69, 9.17) is 4.74 Å². The number of carbonyl (C=O) groups excluding carboxylic acids is 1. The lowest BCUT2D eigenvalue weighted by atomic mass is 10.0. The average Bonchev–Trinajstić information content (AvgIpc) is 2.90. The second kappa shape index (κ2) is 6.96. The minimum absolute atomic E-state index is 0.0287. The third kappa shape index (κ3) is 3.01. The SMILES string of the molecule is COc1ccc(N(C(=O)c2ccccc2)C2=CC3CCC(C2)[NH+]3C)cc1. The molecule has 1 amide bonds. The van der Waals surface area contributed by atoms with E-state index >= 15 is 0 Å². The summed E-state index contributed by atoms with van der Waals surface area (Å²) in [4.78, 5) is 16.8. The quantitative estimate of drug-likeness (QED) is 0.921. The maximum atomic E-state index is 13.4. The fourth-order valence-electron chi connectivity index (χ4n) is 4.19. The summed E-state index contributed by atoms with van der Waals surface area (Å²) in [5, 5.41) is 0. The monoisotopic (exact) mass is 349 g/mol. The molecule has 4 nitrogen and oxygen atoms in total. The van der Waals surface area contributed by atoms with Crippen LogP contribution in [0.4, 0.5) is 5.69 Å². The first kappa shape index (κ1) is 16.9. The second-order valence-electron chi connectivity index (χ2n) is 7.19. The molecule has 4 heteroatoms. The number of methoxy groups -OCH3 is 1. The number of nitrogens with zero attached hydrogens (tertiary/aromatic N) is 1. The molecule has 0 aromatic heterocycles. The highest BCUT2D eigenvalue weighted by molar-refractivity contribution is 6.08. The van der Waals surface area contributed by atoms with E-state index in [1.165, 1.54) is 12.8 Å². The van der Waals surface area contributed by atoms with Gasteiger partial charge in [0, 0.05) is 36.2 Å². The van der Waals surface area contributed by atoms with Crippen LogP contribution in [0.1, 0.15) is 29.6 Å². The Labute approximate surface area is 154 Å². The van der Waals surface area contributed by atoms with Gasteiger partial charge in [-0.15, -0.1) is 0 Å². The predicted octanol–water partition coefficient (Wildman–Crippen LogP) is 2.68. The minimum atomic E-state index is 0.0287. The summed E-state index contributed by atoms with van der Waals surface area (Å²) in [6, 6.07) is 18.4. The van der Waals surface area contributed by atoms with Crippen molar-refractivity contribution in [3.05, 3.63) is 71.9 Å². The Bertz CT molecular complexity index is 814. The van der Waals surface area contributed by atoms with Crippen LogP contribution in [0.5, 0.6) is 5.75 Å². The fourth-order valence-corrected chi connectivity index (χ4v) is 4.19. The number of carbonyl (C=O) groups is 1. The molecule has 3 atom stereocenters. The number of quaternary nitrogens is 1. The summed E-state index contributed by atoms with van der Waals surface area (Å²) < 4.78 is 5.28. The molecule has 2 aromatic rings. The highest BCUT2D eigenvalue weighted by atomic mass is 16.5. The number of likely N-dealkylation sites (N-methyl/N-ethyl adjacent to an activating group) is 1. The normalized spacial score (nSPS) is 24.1. The molecule has 3 unspecified atom stereocenters. The molecule has 2 aliphatic heterocycles. The highest BCUT2D eigenvalue weighted by Crippen LogP contribution is 2.31. The van der Waals surface area contributed by atoms with Crippen molar-refractivity contribution >= 4 is 11.6 Å². The number of hydrogen-bond donors (Lipinski definition) is 1. The number of amides is 1. The standard InChI is InChI=1S/C22H24N2O2/c1-23-18-8-9-19(23)15-20(14-18)24(17-10-12-21(26-2)13-11-17)22(25)16-6-4-3-5-7-16/h3-7,10-14,18-19H,8-9,15H2,1-2H3/p+1. The van der Waals surface area contributed by atoms with Gasteiger partial charge in [0.05, 0.1) is 20.2 Å². The van der Waals surface area contributed by atoms with Crippen LogP contribution >= 0.6 is 0 Å². The van der Waals surface area contributed by atoms with E-state index in [1.54, 1.807) is 12.0 Å². The summed E-state index contributed by atoms with van der Waals surface area (Å²) in [7, 11) is 3.92. The number of ether oxygens (including phenoxy) is 1. The largest absolute Gasteiger partial charge is 0.497 e. The van der Waals surface area contributed by atoms with Crippen LogP contribution < -0.4 is 14.5 Å². The van der Waals surface area contributed by atoms with Crippen molar-refractivity contribution in [2.45, 2.75) is 31.3 Å². The number of anilines is 1. The van der Waals surface area contributed by atoms with Crippen LogP contribution in [0.2, 0.25) is 0 Å². The van der Waals surface area contributed by atoms with Gasteiger partial charge in [-0.2, -0.15) is 0 Å². The van der Waals surface area contributed by atoms with E-state index in [-0.39, 0.29) is 5.91 Å². The van der Waals surface area contributed by atoms with Gasteiger partial charge in [-0.1, -0.05) is 18.2 Å². The van der Waals surface area contributed by atoms with Crippen molar-refractivity contribution in [1.82, 2.24) is 0 Å².